The molecule has 3 N–H and O–H groups in total. The first-order valence-corrected chi connectivity index (χ1v) is 8.12. The SMILES string of the molecule is O=C(NCCc1c[nH]c2ccc(F)cc12)NCc1ccc(F)c(Cl)c1. The molecule has 1 heterocycles. The number of halogens is 3. The zero-order valence-electron chi connectivity index (χ0n) is 13.2. The van der Waals surface area contributed by atoms with Crippen LogP contribution in [0.5, 0.6) is 0 Å². The van der Waals surface area contributed by atoms with Gasteiger partial charge >= 0.3 is 6.03 Å². The Kier molecular flexibility index (Phi) is 5.19. The van der Waals surface area contributed by atoms with E-state index in [1.54, 1.807) is 12.1 Å². The topological polar surface area (TPSA) is 56.9 Å². The molecule has 0 unspecified atom stereocenters. The zero-order valence-corrected chi connectivity index (χ0v) is 14.0. The molecule has 2 aromatic carbocycles. The lowest BCUT2D eigenvalue weighted by Gasteiger charge is -2.08. The number of carbonyl (C=O) groups is 1. The third kappa shape index (κ3) is 4.28. The molecule has 7 heteroatoms. The highest BCUT2D eigenvalue weighted by atomic mass is 35.5. The molecule has 0 fully saturated rings. The summed E-state index contributed by atoms with van der Waals surface area (Å²) in [7, 11) is 0. The number of fused-ring (bicyclic) bond motifs is 1. The lowest BCUT2D eigenvalue weighted by atomic mass is 10.1. The highest BCUT2D eigenvalue weighted by Gasteiger charge is 2.07. The normalized spacial score (nSPS) is 10.8. The molecule has 1 aromatic heterocycles. The predicted octanol–water partition coefficient (Wildman–Crippen LogP) is 4.14. The van der Waals surface area contributed by atoms with Crippen molar-refractivity contribution in [3.8, 4) is 0 Å². The van der Waals surface area contributed by atoms with Crippen molar-refractivity contribution in [3.05, 3.63) is 70.4 Å². The van der Waals surface area contributed by atoms with Crippen LogP contribution in [0.1, 0.15) is 11.1 Å². The quantitative estimate of drug-likeness (QED) is 0.627. The summed E-state index contributed by atoms with van der Waals surface area (Å²) in [4.78, 5) is 14.9. The lowest BCUT2D eigenvalue weighted by molar-refractivity contribution is 0.240. The summed E-state index contributed by atoms with van der Waals surface area (Å²) in [6, 6.07) is 8.50. The van der Waals surface area contributed by atoms with E-state index in [1.807, 2.05) is 6.20 Å². The summed E-state index contributed by atoms with van der Waals surface area (Å²) in [6.45, 7) is 0.642. The molecule has 0 bridgehead atoms. The maximum absolute atomic E-state index is 13.3. The van der Waals surface area contributed by atoms with Gasteiger partial charge in [-0.25, -0.2) is 13.6 Å². The number of H-pyrrole nitrogens is 1. The van der Waals surface area contributed by atoms with Crippen LogP contribution in [0, 0.1) is 11.6 Å². The minimum Gasteiger partial charge on any atom is -0.361 e. The average Bonchev–Trinajstić information content (AvgIpc) is 2.98. The van der Waals surface area contributed by atoms with Gasteiger partial charge in [-0.1, -0.05) is 17.7 Å². The van der Waals surface area contributed by atoms with Crippen LogP contribution in [0.25, 0.3) is 10.9 Å². The second-order valence-electron chi connectivity index (χ2n) is 5.61. The lowest BCUT2D eigenvalue weighted by Crippen LogP contribution is -2.36. The third-order valence-corrected chi connectivity index (χ3v) is 4.14. The Morgan fingerprint density at radius 3 is 2.76 bits per heavy atom. The van der Waals surface area contributed by atoms with Crippen molar-refractivity contribution in [2.45, 2.75) is 13.0 Å². The molecule has 3 aromatic rings. The van der Waals surface area contributed by atoms with E-state index in [9.17, 15) is 13.6 Å². The Labute approximate surface area is 148 Å². The van der Waals surface area contributed by atoms with Crippen molar-refractivity contribution >= 4 is 28.5 Å². The van der Waals surface area contributed by atoms with E-state index in [2.05, 4.69) is 15.6 Å². The first-order valence-electron chi connectivity index (χ1n) is 7.74. The molecule has 0 aliphatic carbocycles. The Morgan fingerprint density at radius 2 is 1.96 bits per heavy atom. The monoisotopic (exact) mass is 363 g/mol. The first-order chi connectivity index (χ1) is 12.0. The summed E-state index contributed by atoms with van der Waals surface area (Å²) < 4.78 is 26.4. The summed E-state index contributed by atoms with van der Waals surface area (Å²) in [5.41, 5.74) is 2.49. The van der Waals surface area contributed by atoms with Crippen LogP contribution in [-0.4, -0.2) is 17.6 Å². The zero-order chi connectivity index (χ0) is 17.8. The summed E-state index contributed by atoms with van der Waals surface area (Å²) in [5.74, 6) is -0.790. The molecule has 0 aliphatic heterocycles. The molecule has 4 nitrogen and oxygen atoms in total. The number of benzene rings is 2. The molecule has 0 saturated carbocycles. The second-order valence-corrected chi connectivity index (χ2v) is 6.02. The number of aromatic amines is 1. The molecule has 0 spiro atoms. The van der Waals surface area contributed by atoms with Gasteiger partial charge in [0.15, 0.2) is 0 Å². The number of urea groups is 1. The van der Waals surface area contributed by atoms with Gasteiger partial charge in [0.05, 0.1) is 5.02 Å². The third-order valence-electron chi connectivity index (χ3n) is 3.85. The first kappa shape index (κ1) is 17.2. The van der Waals surface area contributed by atoms with Crippen molar-refractivity contribution in [2.75, 3.05) is 6.54 Å². The molecule has 0 aliphatic rings. The van der Waals surface area contributed by atoms with Crippen LogP contribution in [0.3, 0.4) is 0 Å². The largest absolute Gasteiger partial charge is 0.361 e. The van der Waals surface area contributed by atoms with Crippen LogP contribution < -0.4 is 10.6 Å². The molecule has 130 valence electrons. The van der Waals surface area contributed by atoms with Crippen molar-refractivity contribution < 1.29 is 13.6 Å². The van der Waals surface area contributed by atoms with Gasteiger partial charge in [-0.2, -0.15) is 0 Å². The number of hydrogen-bond donors (Lipinski definition) is 3. The van der Waals surface area contributed by atoms with E-state index in [4.69, 9.17) is 11.6 Å². The maximum Gasteiger partial charge on any atom is 0.315 e. The van der Waals surface area contributed by atoms with Crippen molar-refractivity contribution in [1.82, 2.24) is 15.6 Å². The van der Waals surface area contributed by atoms with Gasteiger partial charge < -0.3 is 15.6 Å². The van der Waals surface area contributed by atoms with E-state index < -0.39 is 5.82 Å². The van der Waals surface area contributed by atoms with E-state index in [0.29, 0.717) is 18.5 Å². The Balaban J connectivity index is 1.48. The molecular formula is C18H16ClF2N3O. The minimum atomic E-state index is -0.495. The molecule has 0 radical (unpaired) electrons. The fourth-order valence-corrected chi connectivity index (χ4v) is 2.77. The average molecular weight is 364 g/mol. The molecule has 0 atom stereocenters. The van der Waals surface area contributed by atoms with Crippen LogP contribution in [0.2, 0.25) is 5.02 Å². The molecule has 2 amide bonds. The summed E-state index contributed by atoms with van der Waals surface area (Å²) >= 11 is 5.70. The minimum absolute atomic E-state index is 0.0197. The Morgan fingerprint density at radius 1 is 1.12 bits per heavy atom. The van der Waals surface area contributed by atoms with Crippen LogP contribution in [-0.2, 0) is 13.0 Å². The van der Waals surface area contributed by atoms with Gasteiger partial charge in [0.25, 0.3) is 0 Å². The number of rotatable bonds is 5. The molecule has 0 saturated heterocycles. The number of nitrogens with one attached hydrogen (secondary N) is 3. The standard InChI is InChI=1S/C18H16ClF2N3O/c19-15-7-11(1-3-16(15)21)9-24-18(25)22-6-5-12-10-23-17-4-2-13(20)8-14(12)17/h1-4,7-8,10,23H,5-6,9H2,(H2,22,24,25). The van der Waals surface area contributed by atoms with Gasteiger partial charge in [0.2, 0.25) is 0 Å². The number of aromatic nitrogens is 1. The van der Waals surface area contributed by atoms with Crippen molar-refractivity contribution in [2.24, 2.45) is 0 Å². The molecule has 3 rings (SSSR count). The highest BCUT2D eigenvalue weighted by molar-refractivity contribution is 6.30. The van der Waals surface area contributed by atoms with E-state index in [1.165, 1.54) is 24.3 Å². The maximum atomic E-state index is 13.3. The predicted molar refractivity (Wildman–Crippen MR) is 93.6 cm³/mol. The Hall–Kier alpha value is -2.60. The van der Waals surface area contributed by atoms with E-state index in [-0.39, 0.29) is 23.4 Å². The smallest absolute Gasteiger partial charge is 0.315 e. The van der Waals surface area contributed by atoms with Crippen molar-refractivity contribution in [3.63, 3.8) is 0 Å². The highest BCUT2D eigenvalue weighted by Crippen LogP contribution is 2.19. The second kappa shape index (κ2) is 7.53. The number of hydrogen-bond acceptors (Lipinski definition) is 1. The van der Waals surface area contributed by atoms with Gasteiger partial charge in [0, 0.05) is 30.2 Å². The van der Waals surface area contributed by atoms with Gasteiger partial charge in [0.1, 0.15) is 11.6 Å². The number of amides is 2. The van der Waals surface area contributed by atoms with E-state index >= 15 is 0 Å². The molecule has 25 heavy (non-hydrogen) atoms. The van der Waals surface area contributed by atoms with Gasteiger partial charge in [-0.15, -0.1) is 0 Å². The summed E-state index contributed by atoms with van der Waals surface area (Å²) in [5, 5.41) is 6.23. The van der Waals surface area contributed by atoms with Crippen LogP contribution >= 0.6 is 11.6 Å². The summed E-state index contributed by atoms with van der Waals surface area (Å²) in [6.07, 6.45) is 2.38. The fourth-order valence-electron chi connectivity index (χ4n) is 2.56. The van der Waals surface area contributed by atoms with Gasteiger partial charge in [-0.05, 0) is 47.9 Å². The Bertz CT molecular complexity index is 910. The fraction of sp³-hybridized carbons (Fsp3) is 0.167. The number of carbonyl (C=O) groups excluding carboxylic acids is 1. The molecular weight excluding hydrogens is 348 g/mol. The van der Waals surface area contributed by atoms with Crippen LogP contribution in [0.15, 0.2) is 42.6 Å². The van der Waals surface area contributed by atoms with Gasteiger partial charge in [-0.3, -0.25) is 0 Å². The van der Waals surface area contributed by atoms with Crippen molar-refractivity contribution in [1.29, 1.82) is 0 Å². The van der Waals surface area contributed by atoms with E-state index in [0.717, 1.165) is 16.5 Å². The van der Waals surface area contributed by atoms with Crippen LogP contribution in [0.4, 0.5) is 13.6 Å².